The lowest BCUT2D eigenvalue weighted by molar-refractivity contribution is -0.144. The van der Waals surface area contributed by atoms with Crippen LogP contribution in [0.5, 0.6) is 0 Å². The second-order valence-electron chi connectivity index (χ2n) is 5.69. The number of thiophene rings is 1. The molecular formula is C17H22N2O3S2. The van der Waals surface area contributed by atoms with E-state index >= 15 is 0 Å². The zero-order valence-electron chi connectivity index (χ0n) is 14.0. The number of thioether (sulfide) groups is 1. The number of aromatic nitrogens is 2. The van der Waals surface area contributed by atoms with E-state index in [1.165, 1.54) is 35.0 Å². The SMILES string of the molecule is CCOCCOC(=O)[C@@H](C)Sc1ncnc2sc3c(c12)CCCC3. The Morgan fingerprint density at radius 1 is 1.33 bits per heavy atom. The number of rotatable bonds is 7. The Balaban J connectivity index is 1.72. The van der Waals surface area contributed by atoms with Crippen LogP contribution < -0.4 is 0 Å². The van der Waals surface area contributed by atoms with Crippen LogP contribution in [0.3, 0.4) is 0 Å². The van der Waals surface area contributed by atoms with E-state index in [1.807, 2.05) is 13.8 Å². The zero-order chi connectivity index (χ0) is 16.9. The van der Waals surface area contributed by atoms with Gasteiger partial charge in [0.1, 0.15) is 28.0 Å². The first-order chi connectivity index (χ1) is 11.7. The van der Waals surface area contributed by atoms with E-state index in [-0.39, 0.29) is 11.2 Å². The fraction of sp³-hybridized carbons (Fsp3) is 0.588. The second kappa shape index (κ2) is 8.27. The van der Waals surface area contributed by atoms with Crippen LogP contribution in [0.25, 0.3) is 10.2 Å². The molecule has 2 aromatic heterocycles. The molecule has 24 heavy (non-hydrogen) atoms. The highest BCUT2D eigenvalue weighted by Gasteiger charge is 2.23. The summed E-state index contributed by atoms with van der Waals surface area (Å²) in [4.78, 5) is 23.5. The van der Waals surface area contributed by atoms with Crippen LogP contribution in [0.2, 0.25) is 0 Å². The highest BCUT2D eigenvalue weighted by molar-refractivity contribution is 8.00. The van der Waals surface area contributed by atoms with Crippen molar-refractivity contribution in [1.29, 1.82) is 0 Å². The molecule has 1 atom stereocenters. The van der Waals surface area contributed by atoms with Gasteiger partial charge in [-0.3, -0.25) is 4.79 Å². The molecule has 0 aromatic carbocycles. The molecule has 0 unspecified atom stereocenters. The number of esters is 1. The van der Waals surface area contributed by atoms with Crippen molar-refractivity contribution in [3.8, 4) is 0 Å². The highest BCUT2D eigenvalue weighted by atomic mass is 32.2. The largest absolute Gasteiger partial charge is 0.462 e. The van der Waals surface area contributed by atoms with Crippen molar-refractivity contribution < 1.29 is 14.3 Å². The molecule has 3 rings (SSSR count). The molecule has 0 spiro atoms. The maximum absolute atomic E-state index is 12.1. The quantitative estimate of drug-likeness (QED) is 0.323. The van der Waals surface area contributed by atoms with E-state index in [9.17, 15) is 4.79 Å². The van der Waals surface area contributed by atoms with Gasteiger partial charge in [-0.2, -0.15) is 0 Å². The van der Waals surface area contributed by atoms with Crippen molar-refractivity contribution in [2.75, 3.05) is 19.8 Å². The predicted molar refractivity (Wildman–Crippen MR) is 96.8 cm³/mol. The lowest BCUT2D eigenvalue weighted by Gasteiger charge is -2.13. The highest BCUT2D eigenvalue weighted by Crippen LogP contribution is 2.40. The van der Waals surface area contributed by atoms with Gasteiger partial charge in [0, 0.05) is 16.9 Å². The van der Waals surface area contributed by atoms with E-state index < -0.39 is 0 Å². The summed E-state index contributed by atoms with van der Waals surface area (Å²) in [5.74, 6) is -0.226. The fourth-order valence-electron chi connectivity index (χ4n) is 2.83. The van der Waals surface area contributed by atoms with Crippen LogP contribution in [-0.4, -0.2) is 41.0 Å². The second-order valence-corrected chi connectivity index (χ2v) is 8.11. The molecular weight excluding hydrogens is 344 g/mol. The fourth-order valence-corrected chi connectivity index (χ4v) is 5.07. The van der Waals surface area contributed by atoms with Crippen LogP contribution in [-0.2, 0) is 27.1 Å². The average molecular weight is 367 g/mol. The summed E-state index contributed by atoms with van der Waals surface area (Å²) in [6.07, 6.45) is 6.28. The monoisotopic (exact) mass is 366 g/mol. The van der Waals surface area contributed by atoms with Crippen LogP contribution >= 0.6 is 23.1 Å². The van der Waals surface area contributed by atoms with Crippen molar-refractivity contribution in [1.82, 2.24) is 9.97 Å². The molecule has 0 radical (unpaired) electrons. The van der Waals surface area contributed by atoms with Gasteiger partial charge in [-0.05, 0) is 45.1 Å². The molecule has 0 saturated heterocycles. The van der Waals surface area contributed by atoms with Crippen molar-refractivity contribution in [3.63, 3.8) is 0 Å². The van der Waals surface area contributed by atoms with Crippen molar-refractivity contribution in [3.05, 3.63) is 16.8 Å². The molecule has 0 amide bonds. The molecule has 5 nitrogen and oxygen atoms in total. The molecule has 0 saturated carbocycles. The van der Waals surface area contributed by atoms with Gasteiger partial charge in [-0.25, -0.2) is 9.97 Å². The summed E-state index contributed by atoms with van der Waals surface area (Å²) in [5.41, 5.74) is 1.39. The first-order valence-corrected chi connectivity index (χ1v) is 10.1. The average Bonchev–Trinajstić information content (AvgIpc) is 2.98. The summed E-state index contributed by atoms with van der Waals surface area (Å²) in [6.45, 7) is 5.15. The molecule has 1 aliphatic rings. The number of hydrogen-bond acceptors (Lipinski definition) is 7. The van der Waals surface area contributed by atoms with Crippen LogP contribution in [0, 0.1) is 0 Å². The Morgan fingerprint density at radius 2 is 2.17 bits per heavy atom. The van der Waals surface area contributed by atoms with Gasteiger partial charge in [0.05, 0.1) is 6.61 Å². The zero-order valence-corrected chi connectivity index (χ0v) is 15.7. The topological polar surface area (TPSA) is 61.3 Å². The van der Waals surface area contributed by atoms with Crippen LogP contribution in [0.4, 0.5) is 0 Å². The Morgan fingerprint density at radius 3 is 3.00 bits per heavy atom. The molecule has 0 fully saturated rings. The first kappa shape index (κ1) is 17.6. The number of carbonyl (C=O) groups is 1. The van der Waals surface area contributed by atoms with Gasteiger partial charge in [0.2, 0.25) is 0 Å². The van der Waals surface area contributed by atoms with Gasteiger partial charge in [-0.15, -0.1) is 11.3 Å². The number of aryl methyl sites for hydroxylation is 2. The number of ether oxygens (including phenoxy) is 2. The molecule has 7 heteroatoms. The third kappa shape index (κ3) is 3.90. The van der Waals surface area contributed by atoms with Crippen molar-refractivity contribution in [2.45, 2.75) is 49.8 Å². The third-order valence-electron chi connectivity index (χ3n) is 4.01. The Bertz CT molecular complexity index is 717. The van der Waals surface area contributed by atoms with E-state index in [0.29, 0.717) is 19.8 Å². The summed E-state index contributed by atoms with van der Waals surface area (Å²) >= 11 is 3.23. The van der Waals surface area contributed by atoms with Crippen molar-refractivity contribution >= 4 is 39.3 Å². The van der Waals surface area contributed by atoms with Gasteiger partial charge >= 0.3 is 5.97 Å². The number of hydrogen-bond donors (Lipinski definition) is 0. The van der Waals surface area contributed by atoms with E-state index in [2.05, 4.69) is 9.97 Å². The minimum atomic E-state index is -0.302. The Kier molecular flexibility index (Phi) is 6.08. The van der Waals surface area contributed by atoms with E-state index in [0.717, 1.165) is 28.1 Å². The summed E-state index contributed by atoms with van der Waals surface area (Å²) in [6, 6.07) is 0. The van der Waals surface area contributed by atoms with Crippen molar-refractivity contribution in [2.24, 2.45) is 0 Å². The Labute approximate surface area is 150 Å². The lowest BCUT2D eigenvalue weighted by atomic mass is 9.97. The molecule has 0 bridgehead atoms. The predicted octanol–water partition coefficient (Wildman–Crippen LogP) is 3.63. The van der Waals surface area contributed by atoms with Crippen LogP contribution in [0.1, 0.15) is 37.1 Å². The minimum absolute atomic E-state index is 0.226. The minimum Gasteiger partial charge on any atom is -0.462 e. The molecule has 2 aromatic rings. The molecule has 130 valence electrons. The van der Waals surface area contributed by atoms with E-state index in [1.54, 1.807) is 17.7 Å². The number of fused-ring (bicyclic) bond motifs is 3. The maximum atomic E-state index is 12.1. The summed E-state index contributed by atoms with van der Waals surface area (Å²) < 4.78 is 10.4. The summed E-state index contributed by atoms with van der Waals surface area (Å²) in [7, 11) is 0. The number of carbonyl (C=O) groups excluding carboxylic acids is 1. The van der Waals surface area contributed by atoms with E-state index in [4.69, 9.17) is 9.47 Å². The van der Waals surface area contributed by atoms with Crippen LogP contribution in [0.15, 0.2) is 11.4 Å². The lowest BCUT2D eigenvalue weighted by Crippen LogP contribution is -2.19. The van der Waals surface area contributed by atoms with Gasteiger partial charge in [-0.1, -0.05) is 11.8 Å². The molecule has 1 aliphatic carbocycles. The van der Waals surface area contributed by atoms with Gasteiger partial charge < -0.3 is 9.47 Å². The standard InChI is InChI=1S/C17H22N2O3S2/c1-3-21-8-9-22-17(20)11(2)23-15-14-12-6-4-5-7-13(12)24-16(14)19-10-18-15/h10-11H,3-9H2,1-2H3/t11-/m1/s1. The van der Waals surface area contributed by atoms with Gasteiger partial charge in [0.25, 0.3) is 0 Å². The smallest absolute Gasteiger partial charge is 0.319 e. The normalized spacial score (nSPS) is 15.2. The number of nitrogens with zero attached hydrogens (tertiary/aromatic N) is 2. The molecule has 0 N–H and O–H groups in total. The Hall–Kier alpha value is -1.18. The summed E-state index contributed by atoms with van der Waals surface area (Å²) in [5, 5.41) is 1.74. The molecule has 2 heterocycles. The first-order valence-electron chi connectivity index (χ1n) is 8.37. The third-order valence-corrected chi connectivity index (χ3v) is 6.29. The maximum Gasteiger partial charge on any atom is 0.319 e. The molecule has 0 aliphatic heterocycles. The van der Waals surface area contributed by atoms with Gasteiger partial charge in [0.15, 0.2) is 0 Å².